The lowest BCUT2D eigenvalue weighted by atomic mass is 9.75. The summed E-state index contributed by atoms with van der Waals surface area (Å²) < 4.78 is 0. The number of carbonyl (C=O) groups is 3. The topological polar surface area (TPSA) is 90.0 Å². The average molecular weight is 470 g/mol. The van der Waals surface area contributed by atoms with Crippen LogP contribution in [0.15, 0.2) is 78.9 Å². The van der Waals surface area contributed by atoms with E-state index in [1.54, 1.807) is 42.5 Å². The van der Waals surface area contributed by atoms with E-state index in [-0.39, 0.29) is 5.91 Å². The van der Waals surface area contributed by atoms with Crippen molar-refractivity contribution in [3.8, 4) is 0 Å². The number of hydrogen-bond acceptors (Lipinski definition) is 5. The number of carboxylic acid groups (broad SMARTS) is 1. The van der Waals surface area contributed by atoms with Crippen LogP contribution in [0.4, 0.5) is 11.4 Å². The molecular weight excluding hydrogens is 442 g/mol. The first-order chi connectivity index (χ1) is 16.8. The quantitative estimate of drug-likeness (QED) is 0.556. The molecule has 2 N–H and O–H groups in total. The molecule has 2 saturated heterocycles. The predicted molar refractivity (Wildman–Crippen MR) is 133 cm³/mol. The van der Waals surface area contributed by atoms with Crippen LogP contribution < -0.4 is 15.1 Å². The molecule has 2 aliphatic rings. The third-order valence-corrected chi connectivity index (χ3v) is 7.25. The third kappa shape index (κ3) is 3.34. The number of nitrogens with one attached hydrogen (secondary N) is 1. The first kappa shape index (κ1) is 22.8. The molecule has 4 atom stereocenters. The minimum Gasteiger partial charge on any atom is -0.480 e. The second kappa shape index (κ2) is 8.36. The van der Waals surface area contributed by atoms with Gasteiger partial charge in [0.1, 0.15) is 0 Å². The van der Waals surface area contributed by atoms with Crippen LogP contribution in [0.2, 0.25) is 0 Å². The van der Waals surface area contributed by atoms with Gasteiger partial charge in [-0.2, -0.15) is 0 Å². The Morgan fingerprint density at radius 3 is 2.14 bits per heavy atom. The van der Waals surface area contributed by atoms with Gasteiger partial charge in [0.05, 0.1) is 17.5 Å². The Morgan fingerprint density at radius 2 is 1.54 bits per heavy atom. The van der Waals surface area contributed by atoms with Crippen molar-refractivity contribution in [2.75, 3.05) is 23.9 Å². The van der Waals surface area contributed by atoms with Gasteiger partial charge in [-0.1, -0.05) is 60.7 Å². The fourth-order valence-corrected chi connectivity index (χ4v) is 5.51. The van der Waals surface area contributed by atoms with Crippen LogP contribution in [-0.2, 0) is 19.9 Å². The zero-order valence-electron chi connectivity index (χ0n) is 19.8. The van der Waals surface area contributed by atoms with Crippen LogP contribution in [0.5, 0.6) is 0 Å². The Morgan fingerprint density at radius 1 is 0.914 bits per heavy atom. The Labute approximate surface area is 204 Å². The smallest absolute Gasteiger partial charge is 0.329 e. The van der Waals surface area contributed by atoms with E-state index in [0.717, 1.165) is 16.8 Å². The second-order valence-corrected chi connectivity index (χ2v) is 9.39. The maximum absolute atomic E-state index is 14.0. The summed E-state index contributed by atoms with van der Waals surface area (Å²) >= 11 is 0. The molecule has 5 rings (SSSR count). The molecule has 0 aliphatic carbocycles. The lowest BCUT2D eigenvalue weighted by molar-refractivity contribution is -0.149. The van der Waals surface area contributed by atoms with E-state index in [9.17, 15) is 19.5 Å². The molecule has 2 fully saturated rings. The van der Waals surface area contributed by atoms with Crippen LogP contribution in [-0.4, -0.2) is 37.0 Å². The first-order valence-corrected chi connectivity index (χ1v) is 11.5. The van der Waals surface area contributed by atoms with Crippen molar-refractivity contribution in [3.63, 3.8) is 0 Å². The number of anilines is 2. The van der Waals surface area contributed by atoms with Crippen molar-refractivity contribution in [3.05, 3.63) is 95.6 Å². The molecule has 2 amide bonds. The van der Waals surface area contributed by atoms with Crippen LogP contribution >= 0.6 is 0 Å². The van der Waals surface area contributed by atoms with Gasteiger partial charge in [-0.05, 0) is 41.8 Å². The molecule has 0 radical (unpaired) electrons. The number of para-hydroxylation sites is 1. The van der Waals surface area contributed by atoms with Gasteiger partial charge in [0.25, 0.3) is 0 Å². The predicted octanol–water partition coefficient (Wildman–Crippen LogP) is 3.49. The molecule has 35 heavy (non-hydrogen) atoms. The highest BCUT2D eigenvalue weighted by molar-refractivity contribution is 6.24. The summed E-state index contributed by atoms with van der Waals surface area (Å²) in [7, 11) is 3.87. The van der Waals surface area contributed by atoms with Gasteiger partial charge < -0.3 is 10.0 Å². The molecule has 3 aromatic carbocycles. The minimum atomic E-state index is -1.75. The van der Waals surface area contributed by atoms with Crippen molar-refractivity contribution in [2.45, 2.75) is 18.5 Å². The highest BCUT2D eigenvalue weighted by Gasteiger charge is 2.69. The van der Waals surface area contributed by atoms with Gasteiger partial charge in [-0.3, -0.25) is 14.9 Å². The van der Waals surface area contributed by atoms with Crippen molar-refractivity contribution >= 4 is 29.2 Å². The van der Waals surface area contributed by atoms with E-state index in [4.69, 9.17) is 0 Å². The maximum Gasteiger partial charge on any atom is 0.329 e. The Kier molecular flexibility index (Phi) is 5.44. The van der Waals surface area contributed by atoms with Gasteiger partial charge in [0.2, 0.25) is 11.8 Å². The highest BCUT2D eigenvalue weighted by Crippen LogP contribution is 2.54. The SMILES string of the molecule is Cc1ccccc1N1C(=O)C2C(c3ccc(N(C)C)cc3)NC(C(=O)O)(c3ccccc3)C2C1=O. The fraction of sp³-hybridized carbons (Fsp3) is 0.250. The first-order valence-electron chi connectivity index (χ1n) is 11.5. The summed E-state index contributed by atoms with van der Waals surface area (Å²) in [6, 6.07) is 22.8. The average Bonchev–Trinajstić information content (AvgIpc) is 3.35. The van der Waals surface area contributed by atoms with Crippen LogP contribution in [0.3, 0.4) is 0 Å². The normalized spacial score (nSPS) is 25.6. The van der Waals surface area contributed by atoms with Crippen molar-refractivity contribution < 1.29 is 19.5 Å². The highest BCUT2D eigenvalue weighted by atomic mass is 16.4. The van der Waals surface area contributed by atoms with E-state index < -0.39 is 35.3 Å². The van der Waals surface area contributed by atoms with Crippen LogP contribution in [0.25, 0.3) is 0 Å². The summed E-state index contributed by atoms with van der Waals surface area (Å²) in [4.78, 5) is 44.0. The number of rotatable bonds is 5. The number of nitrogens with zero attached hydrogens (tertiary/aromatic N) is 2. The second-order valence-electron chi connectivity index (χ2n) is 9.39. The standard InChI is InChI=1S/C28H27N3O4/c1-17-9-7-8-12-21(17)31-25(32)22-23(26(31)33)28(27(34)35,19-10-5-4-6-11-19)29-24(22)18-13-15-20(16-14-18)30(2)3/h4-16,22-24,29H,1-3H3,(H,34,35). The number of aliphatic carboxylic acids is 1. The molecule has 0 aromatic heterocycles. The fourth-order valence-electron chi connectivity index (χ4n) is 5.51. The van der Waals surface area contributed by atoms with E-state index in [1.807, 2.05) is 62.3 Å². The van der Waals surface area contributed by atoms with E-state index in [1.165, 1.54) is 4.90 Å². The molecular formula is C28H27N3O4. The molecule has 2 aliphatic heterocycles. The van der Waals surface area contributed by atoms with E-state index >= 15 is 0 Å². The van der Waals surface area contributed by atoms with Crippen molar-refractivity contribution in [1.82, 2.24) is 5.32 Å². The Balaban J connectivity index is 1.70. The lowest BCUT2D eigenvalue weighted by Crippen LogP contribution is -2.53. The zero-order valence-corrected chi connectivity index (χ0v) is 19.8. The molecule has 7 heteroatoms. The van der Waals surface area contributed by atoms with Gasteiger partial charge >= 0.3 is 5.97 Å². The summed E-state index contributed by atoms with van der Waals surface area (Å²) in [5, 5.41) is 13.9. The van der Waals surface area contributed by atoms with Gasteiger partial charge in [0.15, 0.2) is 5.54 Å². The number of fused-ring (bicyclic) bond motifs is 1. The molecule has 0 spiro atoms. The maximum atomic E-state index is 14.0. The van der Waals surface area contributed by atoms with E-state index in [0.29, 0.717) is 11.3 Å². The van der Waals surface area contributed by atoms with Crippen molar-refractivity contribution in [2.24, 2.45) is 11.8 Å². The number of carboxylic acids is 1. The van der Waals surface area contributed by atoms with Crippen LogP contribution in [0, 0.1) is 18.8 Å². The lowest BCUT2D eigenvalue weighted by Gasteiger charge is -2.32. The van der Waals surface area contributed by atoms with E-state index in [2.05, 4.69) is 5.32 Å². The molecule has 0 saturated carbocycles. The molecule has 4 unspecified atom stereocenters. The molecule has 0 bridgehead atoms. The largest absolute Gasteiger partial charge is 0.480 e. The molecule has 2 heterocycles. The number of imide groups is 1. The van der Waals surface area contributed by atoms with Crippen molar-refractivity contribution in [1.29, 1.82) is 0 Å². The van der Waals surface area contributed by atoms with Gasteiger partial charge in [-0.25, -0.2) is 9.69 Å². The number of carbonyl (C=O) groups excluding carboxylic acids is 2. The molecule has 3 aromatic rings. The zero-order chi connectivity index (χ0) is 24.9. The monoisotopic (exact) mass is 469 g/mol. The summed E-state index contributed by atoms with van der Waals surface area (Å²) in [5.74, 6) is -4.04. The Hall–Kier alpha value is -3.97. The molecule has 7 nitrogen and oxygen atoms in total. The molecule has 178 valence electrons. The van der Waals surface area contributed by atoms with Crippen LogP contribution in [0.1, 0.15) is 22.7 Å². The van der Waals surface area contributed by atoms with Gasteiger partial charge in [-0.15, -0.1) is 0 Å². The number of benzene rings is 3. The third-order valence-electron chi connectivity index (χ3n) is 7.25. The number of aryl methyl sites for hydroxylation is 1. The summed E-state index contributed by atoms with van der Waals surface area (Å²) in [6.45, 7) is 1.83. The number of hydrogen-bond donors (Lipinski definition) is 2. The summed E-state index contributed by atoms with van der Waals surface area (Å²) in [5.41, 5.74) is 1.70. The minimum absolute atomic E-state index is 0.387. The number of amides is 2. The Bertz CT molecular complexity index is 1310. The van der Waals surface area contributed by atoms with Gasteiger partial charge in [0, 0.05) is 25.8 Å². The summed E-state index contributed by atoms with van der Waals surface area (Å²) in [6.07, 6.45) is 0.